The molecule has 35 heavy (non-hydrogen) atoms. The number of ether oxygens (including phenoxy) is 1. The number of anilines is 1. The monoisotopic (exact) mass is 519 g/mol. The summed E-state index contributed by atoms with van der Waals surface area (Å²) >= 11 is 6.01. The van der Waals surface area contributed by atoms with Crippen LogP contribution in [0.1, 0.15) is 24.8 Å². The molecule has 1 N–H and O–H groups in total. The highest BCUT2D eigenvalue weighted by molar-refractivity contribution is 7.90. The molecule has 1 saturated carbocycles. The Kier molecular flexibility index (Phi) is 5.58. The van der Waals surface area contributed by atoms with Gasteiger partial charge in [0.1, 0.15) is 30.8 Å². The van der Waals surface area contributed by atoms with Crippen LogP contribution in [-0.2, 0) is 10.2 Å². The predicted molar refractivity (Wildman–Crippen MR) is 125 cm³/mol. The molecule has 1 spiro atoms. The van der Waals surface area contributed by atoms with Crippen LogP contribution in [0, 0.1) is 22.6 Å². The van der Waals surface area contributed by atoms with E-state index in [1.165, 1.54) is 35.9 Å². The summed E-state index contributed by atoms with van der Waals surface area (Å²) < 4.78 is 50.8. The number of nitrogens with zero attached hydrogens (tertiary/aromatic N) is 4. The first-order valence-corrected chi connectivity index (χ1v) is 12.4. The zero-order valence-corrected chi connectivity index (χ0v) is 20.0. The second-order valence-electron chi connectivity index (χ2n) is 8.60. The van der Waals surface area contributed by atoms with Crippen molar-refractivity contribution in [3.05, 3.63) is 57.3 Å². The molecule has 2 aliphatic rings. The fourth-order valence-electron chi connectivity index (χ4n) is 4.35. The van der Waals surface area contributed by atoms with Crippen LogP contribution < -0.4 is 19.9 Å². The quantitative estimate of drug-likeness (QED) is 0.530. The summed E-state index contributed by atoms with van der Waals surface area (Å²) in [6.07, 6.45) is 4.26. The summed E-state index contributed by atoms with van der Waals surface area (Å²) in [5, 5.41) is 9.42. The molecule has 3 aromatic rings. The molecule has 1 aliphatic carbocycles. The summed E-state index contributed by atoms with van der Waals surface area (Å²) in [4.78, 5) is 21.5. The molecule has 1 aliphatic heterocycles. The van der Waals surface area contributed by atoms with E-state index in [0.717, 1.165) is 30.1 Å². The Morgan fingerprint density at radius 3 is 2.66 bits per heavy atom. The number of halogens is 2. The fourth-order valence-corrected chi connectivity index (χ4v) is 6.01. The van der Waals surface area contributed by atoms with Crippen LogP contribution in [0.5, 0.6) is 11.5 Å². The van der Waals surface area contributed by atoms with Gasteiger partial charge in [0.15, 0.2) is 11.6 Å². The van der Waals surface area contributed by atoms with Gasteiger partial charge in [0.25, 0.3) is 5.56 Å². The smallest absolute Gasteiger partial charge is 0.301 e. The molecule has 5 rings (SSSR count). The van der Waals surface area contributed by atoms with E-state index in [0.29, 0.717) is 18.6 Å². The summed E-state index contributed by atoms with van der Waals surface area (Å²) in [6, 6.07) is 7.03. The minimum atomic E-state index is -3.99. The Morgan fingerprint density at radius 2 is 2.03 bits per heavy atom. The first-order chi connectivity index (χ1) is 16.7. The number of hydrogen-bond acceptors (Lipinski definition) is 7. The van der Waals surface area contributed by atoms with Gasteiger partial charge in [-0.05, 0) is 42.5 Å². The molecule has 10 nitrogen and oxygen atoms in total. The average Bonchev–Trinajstić information content (AvgIpc) is 2.75. The number of rotatable bonds is 6. The summed E-state index contributed by atoms with van der Waals surface area (Å²) in [5.74, 6) is -1.62. The van der Waals surface area contributed by atoms with E-state index < -0.39 is 37.9 Å². The van der Waals surface area contributed by atoms with Gasteiger partial charge < -0.3 is 9.57 Å². The molecule has 13 heteroatoms. The highest BCUT2D eigenvalue weighted by atomic mass is 35.5. The molecule has 2 fully saturated rings. The van der Waals surface area contributed by atoms with E-state index >= 15 is 0 Å². The van der Waals surface area contributed by atoms with Gasteiger partial charge in [0.05, 0.1) is 21.6 Å². The van der Waals surface area contributed by atoms with E-state index in [1.807, 2.05) is 0 Å². The molecule has 2 aromatic carbocycles. The average molecular weight is 520 g/mol. The van der Waals surface area contributed by atoms with Crippen molar-refractivity contribution in [2.45, 2.75) is 19.3 Å². The third-order valence-corrected chi connectivity index (χ3v) is 8.11. The molecular formula is C22H19ClFN5O5S. The van der Waals surface area contributed by atoms with E-state index in [1.54, 1.807) is 6.07 Å². The van der Waals surface area contributed by atoms with Crippen molar-refractivity contribution >= 4 is 38.4 Å². The molecule has 1 saturated heterocycles. The van der Waals surface area contributed by atoms with Crippen molar-refractivity contribution in [3.63, 3.8) is 0 Å². The zero-order chi connectivity index (χ0) is 25.0. The Hall–Kier alpha value is -3.40. The molecule has 0 atom stereocenters. The number of hydrogen-bond donors (Lipinski definition) is 1. The normalized spacial score (nSPS) is 16.9. The lowest BCUT2D eigenvalue weighted by atomic mass is 9.65. The van der Waals surface area contributed by atoms with Crippen LogP contribution >= 0.6 is 11.6 Å². The van der Waals surface area contributed by atoms with Gasteiger partial charge in [-0.1, -0.05) is 18.0 Å². The van der Waals surface area contributed by atoms with Crippen LogP contribution in [0.3, 0.4) is 0 Å². The predicted octanol–water partition coefficient (Wildman–Crippen LogP) is 3.05. The van der Waals surface area contributed by atoms with Gasteiger partial charge in [-0.25, -0.2) is 9.37 Å². The van der Waals surface area contributed by atoms with Crippen molar-refractivity contribution in [1.82, 2.24) is 14.0 Å². The van der Waals surface area contributed by atoms with Crippen molar-refractivity contribution < 1.29 is 22.4 Å². The molecule has 182 valence electrons. The number of nitriles is 1. The number of nitrogens with one attached hydrogen (secondary N) is 1. The largest absolute Gasteiger partial charge is 0.453 e. The molecule has 0 radical (unpaired) electrons. The van der Waals surface area contributed by atoms with Gasteiger partial charge in [-0.3, -0.25) is 9.52 Å². The Labute approximate surface area is 204 Å². The highest BCUT2D eigenvalue weighted by Gasteiger charge is 2.51. The molecule has 1 aromatic heterocycles. The maximum absolute atomic E-state index is 15.0. The van der Waals surface area contributed by atoms with E-state index in [9.17, 15) is 22.9 Å². The van der Waals surface area contributed by atoms with Crippen LogP contribution in [0.4, 0.5) is 10.1 Å². The van der Waals surface area contributed by atoms with E-state index in [-0.39, 0.29) is 22.2 Å². The third-order valence-electron chi connectivity index (χ3n) is 6.42. The van der Waals surface area contributed by atoms with Gasteiger partial charge in [-0.2, -0.15) is 18.0 Å². The Balaban J connectivity index is 1.49. The van der Waals surface area contributed by atoms with Crippen molar-refractivity contribution in [2.75, 3.05) is 24.9 Å². The van der Waals surface area contributed by atoms with Crippen LogP contribution in [0.15, 0.2) is 35.4 Å². The maximum atomic E-state index is 15.0. The SMILES string of the molecule is COn1cnc2ccc(Oc3c(F)c(Cl)cc(NS(=O)(=O)N4CC5(CCC5)C4)c3C#N)cc2c1=O. The Bertz CT molecular complexity index is 1560. The maximum Gasteiger partial charge on any atom is 0.301 e. The number of fused-ring (bicyclic) bond motifs is 1. The first-order valence-electron chi connectivity index (χ1n) is 10.6. The summed E-state index contributed by atoms with van der Waals surface area (Å²) in [7, 11) is -2.69. The second-order valence-corrected chi connectivity index (χ2v) is 10.7. The topological polar surface area (TPSA) is 127 Å². The van der Waals surface area contributed by atoms with Gasteiger partial charge in [0.2, 0.25) is 0 Å². The zero-order valence-electron chi connectivity index (χ0n) is 18.4. The Morgan fingerprint density at radius 1 is 1.29 bits per heavy atom. The standard InChI is InChI=1S/C22H19ClFN5O5S/c1-33-29-12-26-17-4-3-13(7-14(17)21(29)30)34-20-15(9-25)18(8-16(23)19(20)24)27-35(31,32)28-10-22(11-28)5-2-6-22/h3-4,7-8,12,27H,2,5-6,10-11H2,1H3. The lowest BCUT2D eigenvalue weighted by Crippen LogP contribution is -2.62. The third kappa shape index (κ3) is 3.95. The second kappa shape index (κ2) is 8.37. The molecule has 0 unspecified atom stereocenters. The van der Waals surface area contributed by atoms with Crippen LogP contribution in [-0.4, -0.2) is 42.6 Å². The van der Waals surface area contributed by atoms with Crippen LogP contribution in [0.2, 0.25) is 5.02 Å². The molecule has 2 heterocycles. The minimum absolute atomic E-state index is 0.00592. The van der Waals surface area contributed by atoms with Crippen LogP contribution in [0.25, 0.3) is 10.9 Å². The minimum Gasteiger partial charge on any atom is -0.453 e. The summed E-state index contributed by atoms with van der Waals surface area (Å²) in [5.41, 5.74) is -0.742. The first kappa shape index (κ1) is 23.3. The number of aromatic nitrogens is 2. The number of benzene rings is 2. The van der Waals surface area contributed by atoms with Gasteiger partial charge >= 0.3 is 10.2 Å². The van der Waals surface area contributed by atoms with E-state index in [2.05, 4.69) is 9.71 Å². The molecule has 0 bridgehead atoms. The fraction of sp³-hybridized carbons (Fsp3) is 0.318. The van der Waals surface area contributed by atoms with Crippen molar-refractivity contribution in [3.8, 4) is 17.6 Å². The summed E-state index contributed by atoms with van der Waals surface area (Å²) in [6.45, 7) is 0.791. The van der Waals surface area contributed by atoms with Crippen molar-refractivity contribution in [1.29, 1.82) is 5.26 Å². The lowest BCUT2D eigenvalue weighted by molar-refractivity contribution is -0.00752. The lowest BCUT2D eigenvalue weighted by Gasteiger charge is -2.54. The highest BCUT2D eigenvalue weighted by Crippen LogP contribution is 2.49. The van der Waals surface area contributed by atoms with Gasteiger partial charge in [0, 0.05) is 13.1 Å². The molecular weight excluding hydrogens is 501 g/mol. The molecule has 0 amide bonds. The van der Waals surface area contributed by atoms with Gasteiger partial charge in [-0.15, -0.1) is 4.73 Å². The van der Waals surface area contributed by atoms with Crippen molar-refractivity contribution in [2.24, 2.45) is 5.41 Å². The van der Waals surface area contributed by atoms with E-state index in [4.69, 9.17) is 21.2 Å².